The molecule has 2 amide bonds. The maximum atomic E-state index is 13.2. The van der Waals surface area contributed by atoms with Crippen molar-refractivity contribution < 1.29 is 14.1 Å². The number of benzene rings is 2. The van der Waals surface area contributed by atoms with Crippen LogP contribution in [0.25, 0.3) is 11.3 Å². The minimum absolute atomic E-state index is 0.0419. The molecular weight excluding hydrogens is 402 g/mol. The van der Waals surface area contributed by atoms with Crippen LogP contribution in [0.1, 0.15) is 46.4 Å². The van der Waals surface area contributed by atoms with Gasteiger partial charge in [0.2, 0.25) is 5.91 Å². The van der Waals surface area contributed by atoms with Crippen molar-refractivity contribution in [3.8, 4) is 11.3 Å². The standard InChI is InChI=1S/C26H29N3O3/c1-18-11-12-21(15-19(18)2)24-17-22(28-32-24)25(30)27-23(16-20-9-5-3-6-10-20)26(31)29-13-7-4-8-14-29/h3,5-6,9-12,15,17,23H,4,7-8,13-14,16H2,1-2H3,(H,27,30). The number of carbonyl (C=O) groups is 2. The second kappa shape index (κ2) is 9.81. The molecule has 3 aromatic rings. The number of amides is 2. The molecule has 6 heteroatoms. The Kier molecular flexibility index (Phi) is 6.69. The highest BCUT2D eigenvalue weighted by Crippen LogP contribution is 2.23. The molecule has 0 spiro atoms. The Bertz CT molecular complexity index is 1080. The van der Waals surface area contributed by atoms with Crippen LogP contribution >= 0.6 is 0 Å². The molecule has 1 fully saturated rings. The van der Waals surface area contributed by atoms with E-state index in [-0.39, 0.29) is 11.6 Å². The second-order valence-electron chi connectivity index (χ2n) is 8.48. The van der Waals surface area contributed by atoms with Crippen molar-refractivity contribution in [3.63, 3.8) is 0 Å². The Morgan fingerprint density at radius 1 is 1.00 bits per heavy atom. The summed E-state index contributed by atoms with van der Waals surface area (Å²) >= 11 is 0. The van der Waals surface area contributed by atoms with Crippen molar-refractivity contribution in [1.29, 1.82) is 0 Å². The van der Waals surface area contributed by atoms with Crippen molar-refractivity contribution in [2.24, 2.45) is 0 Å². The molecule has 1 N–H and O–H groups in total. The third kappa shape index (κ3) is 5.07. The Morgan fingerprint density at radius 3 is 2.47 bits per heavy atom. The molecule has 4 rings (SSSR count). The SMILES string of the molecule is Cc1ccc(-c2cc(C(=O)NC(Cc3ccccc3)C(=O)N3CCCCC3)no2)cc1C. The van der Waals surface area contributed by atoms with Gasteiger partial charge in [0.25, 0.3) is 5.91 Å². The average molecular weight is 432 g/mol. The molecule has 1 unspecified atom stereocenters. The van der Waals surface area contributed by atoms with Gasteiger partial charge in [-0.1, -0.05) is 47.6 Å². The number of hydrogen-bond acceptors (Lipinski definition) is 4. The van der Waals surface area contributed by atoms with E-state index in [0.717, 1.165) is 49.0 Å². The maximum absolute atomic E-state index is 13.2. The number of aromatic nitrogens is 1. The minimum Gasteiger partial charge on any atom is -0.355 e. The summed E-state index contributed by atoms with van der Waals surface area (Å²) in [5.41, 5.74) is 4.36. The van der Waals surface area contributed by atoms with Crippen LogP contribution in [0.5, 0.6) is 0 Å². The van der Waals surface area contributed by atoms with Gasteiger partial charge in [0.1, 0.15) is 6.04 Å². The summed E-state index contributed by atoms with van der Waals surface area (Å²) in [6.45, 7) is 5.55. The van der Waals surface area contributed by atoms with E-state index in [1.807, 2.05) is 67.3 Å². The van der Waals surface area contributed by atoms with Gasteiger partial charge in [0, 0.05) is 31.1 Å². The number of nitrogens with zero attached hydrogens (tertiary/aromatic N) is 2. The molecule has 1 saturated heterocycles. The predicted molar refractivity (Wildman–Crippen MR) is 123 cm³/mol. The minimum atomic E-state index is -0.648. The van der Waals surface area contributed by atoms with E-state index in [0.29, 0.717) is 12.2 Å². The van der Waals surface area contributed by atoms with Gasteiger partial charge in [-0.3, -0.25) is 9.59 Å². The van der Waals surface area contributed by atoms with Crippen molar-refractivity contribution in [2.75, 3.05) is 13.1 Å². The van der Waals surface area contributed by atoms with E-state index < -0.39 is 11.9 Å². The first-order chi connectivity index (χ1) is 15.5. The van der Waals surface area contributed by atoms with Crippen LogP contribution in [0.15, 0.2) is 59.1 Å². The zero-order valence-electron chi connectivity index (χ0n) is 18.6. The lowest BCUT2D eigenvalue weighted by Crippen LogP contribution is -2.51. The quantitative estimate of drug-likeness (QED) is 0.631. The number of rotatable bonds is 6. The lowest BCUT2D eigenvalue weighted by atomic mass is 10.0. The average Bonchev–Trinajstić information content (AvgIpc) is 3.32. The zero-order valence-corrected chi connectivity index (χ0v) is 18.6. The van der Waals surface area contributed by atoms with Gasteiger partial charge in [-0.2, -0.15) is 0 Å². The zero-order chi connectivity index (χ0) is 22.5. The van der Waals surface area contributed by atoms with Crippen LogP contribution in [-0.4, -0.2) is 41.0 Å². The molecular formula is C26H29N3O3. The van der Waals surface area contributed by atoms with Crippen LogP contribution in [0, 0.1) is 13.8 Å². The lowest BCUT2D eigenvalue weighted by Gasteiger charge is -2.30. The lowest BCUT2D eigenvalue weighted by molar-refractivity contribution is -0.134. The largest absolute Gasteiger partial charge is 0.355 e. The normalized spacial score (nSPS) is 14.8. The topological polar surface area (TPSA) is 75.4 Å². The van der Waals surface area contributed by atoms with Crippen molar-refractivity contribution >= 4 is 11.8 Å². The molecule has 0 saturated carbocycles. The Morgan fingerprint density at radius 2 is 1.75 bits per heavy atom. The van der Waals surface area contributed by atoms with Gasteiger partial charge in [-0.25, -0.2) is 0 Å². The number of nitrogens with one attached hydrogen (secondary N) is 1. The summed E-state index contributed by atoms with van der Waals surface area (Å²) in [5, 5.41) is 6.88. The summed E-state index contributed by atoms with van der Waals surface area (Å²) in [6.07, 6.45) is 3.57. The molecule has 0 aliphatic carbocycles. The van der Waals surface area contributed by atoms with Crippen LogP contribution < -0.4 is 5.32 Å². The third-order valence-corrected chi connectivity index (χ3v) is 6.09. The van der Waals surface area contributed by atoms with E-state index >= 15 is 0 Å². The van der Waals surface area contributed by atoms with Crippen LogP contribution in [0.2, 0.25) is 0 Å². The Labute approximate surface area is 188 Å². The molecule has 1 aliphatic rings. The summed E-state index contributed by atoms with van der Waals surface area (Å²) in [5.74, 6) is 0.0788. The molecule has 1 aromatic heterocycles. The van der Waals surface area contributed by atoms with Crippen molar-refractivity contribution in [1.82, 2.24) is 15.4 Å². The molecule has 32 heavy (non-hydrogen) atoms. The van der Waals surface area contributed by atoms with Gasteiger partial charge in [-0.05, 0) is 55.9 Å². The highest BCUT2D eigenvalue weighted by Gasteiger charge is 2.28. The van der Waals surface area contributed by atoms with E-state index in [4.69, 9.17) is 4.52 Å². The number of aryl methyl sites for hydroxylation is 2. The van der Waals surface area contributed by atoms with Gasteiger partial charge < -0.3 is 14.7 Å². The van der Waals surface area contributed by atoms with E-state index in [2.05, 4.69) is 10.5 Å². The number of likely N-dealkylation sites (tertiary alicyclic amines) is 1. The van der Waals surface area contributed by atoms with Crippen molar-refractivity contribution in [2.45, 2.75) is 45.6 Å². The number of piperidine rings is 1. The Balaban J connectivity index is 1.52. The van der Waals surface area contributed by atoms with Gasteiger partial charge in [0.15, 0.2) is 11.5 Å². The molecule has 0 radical (unpaired) electrons. The van der Waals surface area contributed by atoms with Gasteiger partial charge in [-0.15, -0.1) is 0 Å². The smallest absolute Gasteiger partial charge is 0.274 e. The first-order valence-corrected chi connectivity index (χ1v) is 11.2. The fourth-order valence-electron chi connectivity index (χ4n) is 4.03. The fraction of sp³-hybridized carbons (Fsp3) is 0.346. The van der Waals surface area contributed by atoms with Crippen LogP contribution in [0.3, 0.4) is 0 Å². The summed E-state index contributed by atoms with van der Waals surface area (Å²) < 4.78 is 5.44. The van der Waals surface area contributed by atoms with E-state index in [1.54, 1.807) is 6.07 Å². The fourth-order valence-corrected chi connectivity index (χ4v) is 4.03. The maximum Gasteiger partial charge on any atom is 0.274 e. The first-order valence-electron chi connectivity index (χ1n) is 11.2. The highest BCUT2D eigenvalue weighted by molar-refractivity contribution is 5.96. The Hall–Kier alpha value is -3.41. The number of hydrogen-bond donors (Lipinski definition) is 1. The van der Waals surface area contributed by atoms with Crippen molar-refractivity contribution in [3.05, 3.63) is 77.0 Å². The van der Waals surface area contributed by atoms with E-state index in [9.17, 15) is 9.59 Å². The second-order valence-corrected chi connectivity index (χ2v) is 8.48. The van der Waals surface area contributed by atoms with E-state index in [1.165, 1.54) is 5.56 Å². The predicted octanol–water partition coefficient (Wildman–Crippen LogP) is 4.31. The molecule has 166 valence electrons. The highest BCUT2D eigenvalue weighted by atomic mass is 16.5. The molecule has 2 heterocycles. The molecule has 0 bridgehead atoms. The molecule has 1 atom stereocenters. The summed E-state index contributed by atoms with van der Waals surface area (Å²) in [7, 11) is 0. The summed E-state index contributed by atoms with van der Waals surface area (Å²) in [4.78, 5) is 28.1. The summed E-state index contributed by atoms with van der Waals surface area (Å²) in [6, 6.07) is 16.7. The molecule has 2 aromatic carbocycles. The molecule has 6 nitrogen and oxygen atoms in total. The first kappa shape index (κ1) is 21.8. The molecule has 1 aliphatic heterocycles. The third-order valence-electron chi connectivity index (χ3n) is 6.09. The van der Waals surface area contributed by atoms with Crippen LogP contribution in [-0.2, 0) is 11.2 Å². The monoisotopic (exact) mass is 431 g/mol. The van der Waals surface area contributed by atoms with Gasteiger partial charge in [0.05, 0.1) is 0 Å². The van der Waals surface area contributed by atoms with Crippen LogP contribution in [0.4, 0.5) is 0 Å². The van der Waals surface area contributed by atoms with Gasteiger partial charge >= 0.3 is 0 Å². The number of carbonyl (C=O) groups excluding carboxylic acids is 2.